The summed E-state index contributed by atoms with van der Waals surface area (Å²) in [5.41, 5.74) is 0. The number of rotatable bonds is 6. The van der Waals surface area contributed by atoms with E-state index in [-0.39, 0.29) is 0 Å². The van der Waals surface area contributed by atoms with Crippen molar-refractivity contribution in [1.29, 1.82) is 0 Å². The van der Waals surface area contributed by atoms with Crippen LogP contribution in [-0.4, -0.2) is 13.1 Å². The van der Waals surface area contributed by atoms with Crippen molar-refractivity contribution in [3.8, 4) is 12.3 Å². The molecule has 0 aromatic rings. The van der Waals surface area contributed by atoms with Gasteiger partial charge in [0.25, 0.3) is 0 Å². The van der Waals surface area contributed by atoms with Crippen molar-refractivity contribution in [1.82, 2.24) is 5.32 Å². The smallest absolute Gasteiger partial charge is 0.0101 e. The molecule has 1 unspecified atom stereocenters. The average Bonchev–Trinajstić information content (AvgIpc) is 2.32. The van der Waals surface area contributed by atoms with Crippen LogP contribution in [0.5, 0.6) is 0 Å². The first-order valence-corrected chi connectivity index (χ1v) is 6.92. The Morgan fingerprint density at radius 2 is 2.00 bits per heavy atom. The van der Waals surface area contributed by atoms with E-state index < -0.39 is 0 Å². The highest BCUT2D eigenvalue weighted by Gasteiger charge is 2.25. The highest BCUT2D eigenvalue weighted by molar-refractivity contribution is 4.88. The maximum Gasteiger partial charge on any atom is 0.0101 e. The number of hydrogen-bond acceptors (Lipinski definition) is 1. The summed E-state index contributed by atoms with van der Waals surface area (Å²) in [6, 6.07) is 0.652. The molecule has 0 spiro atoms. The Morgan fingerprint density at radius 3 is 2.50 bits per heavy atom. The van der Waals surface area contributed by atoms with Gasteiger partial charge in [0.15, 0.2) is 0 Å². The van der Waals surface area contributed by atoms with Gasteiger partial charge in [0.2, 0.25) is 0 Å². The molecule has 0 aromatic carbocycles. The molecule has 16 heavy (non-hydrogen) atoms. The minimum atomic E-state index is 0.652. The highest BCUT2D eigenvalue weighted by atomic mass is 14.9. The fraction of sp³-hybridized carbons (Fsp3) is 0.867. The Bertz CT molecular complexity index is 208. The van der Waals surface area contributed by atoms with E-state index in [1.54, 1.807) is 0 Å². The molecule has 1 fully saturated rings. The van der Waals surface area contributed by atoms with Gasteiger partial charge in [-0.05, 0) is 38.1 Å². The Balaban J connectivity index is 2.30. The standard InChI is InChI=1S/C15H27N/c1-4-6-8-15(16-3)14-11-9-13(7-5-2)10-12-14/h1,13-16H,5-12H2,2-3H3. The molecule has 1 nitrogen and oxygen atoms in total. The first-order chi connectivity index (χ1) is 7.81. The third kappa shape index (κ3) is 4.18. The van der Waals surface area contributed by atoms with Crippen LogP contribution in [0.3, 0.4) is 0 Å². The molecule has 1 atom stereocenters. The second-order valence-corrected chi connectivity index (χ2v) is 5.21. The molecule has 1 saturated carbocycles. The van der Waals surface area contributed by atoms with Gasteiger partial charge >= 0.3 is 0 Å². The van der Waals surface area contributed by atoms with Gasteiger partial charge in [-0.1, -0.05) is 32.6 Å². The van der Waals surface area contributed by atoms with Crippen LogP contribution in [-0.2, 0) is 0 Å². The Hall–Kier alpha value is -0.480. The first kappa shape index (κ1) is 13.6. The van der Waals surface area contributed by atoms with E-state index in [4.69, 9.17) is 6.42 Å². The van der Waals surface area contributed by atoms with E-state index in [2.05, 4.69) is 25.2 Å². The number of terminal acetylenes is 1. The molecule has 92 valence electrons. The van der Waals surface area contributed by atoms with Gasteiger partial charge in [-0.3, -0.25) is 0 Å². The largest absolute Gasteiger partial charge is 0.317 e. The minimum Gasteiger partial charge on any atom is -0.317 e. The zero-order chi connectivity index (χ0) is 11.8. The van der Waals surface area contributed by atoms with E-state index >= 15 is 0 Å². The predicted octanol–water partition coefficient (Wildman–Crippen LogP) is 3.59. The van der Waals surface area contributed by atoms with Crippen LogP contribution in [0, 0.1) is 24.2 Å². The third-order valence-electron chi connectivity index (χ3n) is 4.13. The van der Waals surface area contributed by atoms with E-state index in [1.807, 2.05) is 0 Å². The molecule has 0 heterocycles. The summed E-state index contributed by atoms with van der Waals surface area (Å²) in [4.78, 5) is 0. The van der Waals surface area contributed by atoms with Crippen molar-refractivity contribution in [3.63, 3.8) is 0 Å². The lowest BCUT2D eigenvalue weighted by molar-refractivity contribution is 0.213. The van der Waals surface area contributed by atoms with Crippen molar-refractivity contribution in [3.05, 3.63) is 0 Å². The van der Waals surface area contributed by atoms with Crippen LogP contribution in [0.25, 0.3) is 0 Å². The second kappa shape index (κ2) is 7.74. The van der Waals surface area contributed by atoms with Crippen LogP contribution < -0.4 is 5.32 Å². The molecular weight excluding hydrogens is 194 g/mol. The molecule has 0 amide bonds. The summed E-state index contributed by atoms with van der Waals surface area (Å²) in [6.07, 6.45) is 15.9. The van der Waals surface area contributed by atoms with Crippen LogP contribution in [0.1, 0.15) is 58.3 Å². The summed E-state index contributed by atoms with van der Waals surface area (Å²) < 4.78 is 0. The summed E-state index contributed by atoms with van der Waals surface area (Å²) in [5, 5.41) is 3.46. The van der Waals surface area contributed by atoms with Crippen LogP contribution >= 0.6 is 0 Å². The topological polar surface area (TPSA) is 12.0 Å². The highest BCUT2D eigenvalue weighted by Crippen LogP contribution is 2.34. The summed E-state index contributed by atoms with van der Waals surface area (Å²) in [5.74, 6) is 4.63. The van der Waals surface area contributed by atoms with Gasteiger partial charge in [-0.2, -0.15) is 0 Å². The SMILES string of the molecule is C#CCCC(NC)C1CCC(CCC)CC1. The molecular formula is C15H27N. The molecule has 0 radical (unpaired) electrons. The summed E-state index contributed by atoms with van der Waals surface area (Å²) >= 11 is 0. The van der Waals surface area contributed by atoms with Crippen molar-refractivity contribution in [2.45, 2.75) is 64.3 Å². The van der Waals surface area contributed by atoms with Gasteiger partial charge in [-0.25, -0.2) is 0 Å². The molecule has 0 aromatic heterocycles. The van der Waals surface area contributed by atoms with E-state index in [1.165, 1.54) is 38.5 Å². The van der Waals surface area contributed by atoms with Gasteiger partial charge in [0, 0.05) is 12.5 Å². The fourth-order valence-corrected chi connectivity index (χ4v) is 3.14. The molecule has 0 bridgehead atoms. The Labute approximate surface area is 101 Å². The maximum absolute atomic E-state index is 5.34. The zero-order valence-electron chi connectivity index (χ0n) is 11.0. The van der Waals surface area contributed by atoms with Gasteiger partial charge in [0.05, 0.1) is 0 Å². The first-order valence-electron chi connectivity index (χ1n) is 6.92. The van der Waals surface area contributed by atoms with Crippen molar-refractivity contribution < 1.29 is 0 Å². The Morgan fingerprint density at radius 1 is 1.31 bits per heavy atom. The van der Waals surface area contributed by atoms with E-state index in [0.717, 1.165) is 24.7 Å². The van der Waals surface area contributed by atoms with E-state index in [0.29, 0.717) is 6.04 Å². The molecule has 0 aliphatic heterocycles. The molecule has 1 aliphatic rings. The lowest BCUT2D eigenvalue weighted by Gasteiger charge is -2.33. The molecule has 1 aliphatic carbocycles. The van der Waals surface area contributed by atoms with Crippen LogP contribution in [0.4, 0.5) is 0 Å². The molecule has 1 heteroatoms. The summed E-state index contributed by atoms with van der Waals surface area (Å²) in [7, 11) is 2.08. The van der Waals surface area contributed by atoms with Crippen molar-refractivity contribution in [2.24, 2.45) is 11.8 Å². The predicted molar refractivity (Wildman–Crippen MR) is 71.3 cm³/mol. The second-order valence-electron chi connectivity index (χ2n) is 5.21. The zero-order valence-corrected chi connectivity index (χ0v) is 11.0. The number of nitrogens with one attached hydrogen (secondary N) is 1. The minimum absolute atomic E-state index is 0.652. The monoisotopic (exact) mass is 221 g/mol. The summed E-state index contributed by atoms with van der Waals surface area (Å²) in [6.45, 7) is 2.30. The van der Waals surface area contributed by atoms with Gasteiger partial charge in [-0.15, -0.1) is 12.3 Å². The normalized spacial score (nSPS) is 27.3. The number of hydrogen-bond donors (Lipinski definition) is 1. The van der Waals surface area contributed by atoms with Gasteiger partial charge < -0.3 is 5.32 Å². The van der Waals surface area contributed by atoms with E-state index in [9.17, 15) is 0 Å². The third-order valence-corrected chi connectivity index (χ3v) is 4.13. The van der Waals surface area contributed by atoms with Crippen molar-refractivity contribution >= 4 is 0 Å². The lowest BCUT2D eigenvalue weighted by atomic mass is 9.76. The lowest BCUT2D eigenvalue weighted by Crippen LogP contribution is -2.35. The van der Waals surface area contributed by atoms with Crippen LogP contribution in [0.2, 0.25) is 0 Å². The average molecular weight is 221 g/mol. The van der Waals surface area contributed by atoms with Gasteiger partial charge in [0.1, 0.15) is 0 Å². The fourth-order valence-electron chi connectivity index (χ4n) is 3.14. The molecule has 1 N–H and O–H groups in total. The Kier molecular flexibility index (Phi) is 6.57. The van der Waals surface area contributed by atoms with Crippen molar-refractivity contribution in [2.75, 3.05) is 7.05 Å². The molecule has 1 rings (SSSR count). The van der Waals surface area contributed by atoms with Crippen LogP contribution in [0.15, 0.2) is 0 Å². The quantitative estimate of drug-likeness (QED) is 0.676. The molecule has 0 saturated heterocycles. The maximum atomic E-state index is 5.34.